The van der Waals surface area contributed by atoms with Gasteiger partial charge in [0.05, 0.1) is 35.9 Å². The smallest absolute Gasteiger partial charge is 0.311 e. The number of aliphatic hydroxyl groups is 2. The van der Waals surface area contributed by atoms with E-state index in [1.807, 2.05) is 27.8 Å². The van der Waals surface area contributed by atoms with E-state index >= 15 is 0 Å². The minimum absolute atomic E-state index is 0.111. The number of amides is 1. The summed E-state index contributed by atoms with van der Waals surface area (Å²) in [7, 11) is 2.02. The van der Waals surface area contributed by atoms with Gasteiger partial charge >= 0.3 is 5.97 Å². The van der Waals surface area contributed by atoms with Crippen LogP contribution in [0.5, 0.6) is 0 Å². The lowest BCUT2D eigenvalue weighted by molar-refractivity contribution is -0.273. The van der Waals surface area contributed by atoms with Gasteiger partial charge in [-0.25, -0.2) is 4.99 Å². The predicted molar refractivity (Wildman–Crippen MR) is 184 cm³/mol. The molecule has 0 saturated carbocycles. The van der Waals surface area contributed by atoms with Crippen molar-refractivity contribution < 1.29 is 48.3 Å². The van der Waals surface area contributed by atoms with Crippen molar-refractivity contribution in [1.82, 2.24) is 4.90 Å². The van der Waals surface area contributed by atoms with Crippen molar-refractivity contribution in [1.29, 1.82) is 0 Å². The van der Waals surface area contributed by atoms with E-state index in [0.29, 0.717) is 25.1 Å². The van der Waals surface area contributed by atoms with Crippen molar-refractivity contribution >= 4 is 23.4 Å². The predicted octanol–water partition coefficient (Wildman–Crippen LogP) is 3.33. The molecule has 4 unspecified atom stereocenters. The number of terminal acetylenes is 1. The fourth-order valence-electron chi connectivity index (χ4n) is 8.01. The summed E-state index contributed by atoms with van der Waals surface area (Å²) in [5, 5.41) is 23.9. The van der Waals surface area contributed by atoms with E-state index < -0.39 is 84.1 Å². The zero-order chi connectivity index (χ0) is 36.8. The minimum Gasteiger partial charge on any atom is -0.459 e. The number of rotatable bonds is 6. The lowest BCUT2D eigenvalue weighted by atomic mass is 9.73. The Labute approximate surface area is 292 Å². The monoisotopic (exact) mass is 692 g/mol. The first-order valence-electron chi connectivity index (χ1n) is 17.8. The van der Waals surface area contributed by atoms with Gasteiger partial charge in [-0.15, -0.1) is 12.3 Å². The summed E-state index contributed by atoms with van der Waals surface area (Å²) >= 11 is 0. The number of hydrogen-bond acceptors (Lipinski definition) is 11. The van der Waals surface area contributed by atoms with Gasteiger partial charge in [0.25, 0.3) is 0 Å². The standard InChI is InChI=1S/C37H60N2O10/c1-12-14-15-39(11)27-16-22(4)47-30(17-27)49-33-24(6)32(42)25(7)35(43)48-29(13-2)37(10,44)34-23(5)31(38-26(8)40)21(3)18-36(33,9)46-20-28(41)19-45-34/h1,21-25,27,29-30,32-34,42,44H,13-20H2,2-11H3/t21-,22-,23+,24+,25?,27?,29?,30?,32+,33-,34-,36-,37-/m1/s1. The van der Waals surface area contributed by atoms with E-state index in [2.05, 4.69) is 15.8 Å². The molecule has 0 aromatic heterocycles. The van der Waals surface area contributed by atoms with Crippen molar-refractivity contribution in [3.63, 3.8) is 0 Å². The Bertz CT molecular complexity index is 1230. The number of hydrogen-bond donors (Lipinski definition) is 2. The van der Waals surface area contributed by atoms with Crippen molar-refractivity contribution in [2.45, 2.75) is 148 Å². The summed E-state index contributed by atoms with van der Waals surface area (Å²) in [5.41, 5.74) is -2.62. The summed E-state index contributed by atoms with van der Waals surface area (Å²) in [6, 6.07) is 0.111. The molecule has 13 atom stereocenters. The zero-order valence-corrected chi connectivity index (χ0v) is 31.1. The highest BCUT2D eigenvalue weighted by atomic mass is 16.7. The summed E-state index contributed by atoms with van der Waals surface area (Å²) in [6.07, 6.45) is 2.69. The number of carbonyl (C=O) groups excluding carboxylic acids is 3. The van der Waals surface area contributed by atoms with Crippen LogP contribution in [0.25, 0.3) is 0 Å². The molecule has 0 aromatic rings. The zero-order valence-electron chi connectivity index (χ0n) is 31.1. The van der Waals surface area contributed by atoms with Crippen LogP contribution in [0.2, 0.25) is 0 Å². The van der Waals surface area contributed by atoms with Crippen LogP contribution in [0, 0.1) is 36.0 Å². The third kappa shape index (κ3) is 9.97. The molecule has 12 heteroatoms. The summed E-state index contributed by atoms with van der Waals surface area (Å²) in [6.45, 7) is 15.4. The van der Waals surface area contributed by atoms with Crippen LogP contribution in [0.15, 0.2) is 4.99 Å². The summed E-state index contributed by atoms with van der Waals surface area (Å²) in [4.78, 5) is 46.2. The number of aliphatic imine (C=N–C) groups is 1. The Morgan fingerprint density at radius 1 is 1.12 bits per heavy atom. The Hall–Kier alpha value is -2.24. The van der Waals surface area contributed by atoms with E-state index in [4.69, 9.17) is 30.1 Å². The molecule has 0 aromatic carbocycles. The van der Waals surface area contributed by atoms with Crippen LogP contribution >= 0.6 is 0 Å². The van der Waals surface area contributed by atoms with Crippen LogP contribution in [0.1, 0.15) is 94.4 Å². The first-order valence-corrected chi connectivity index (χ1v) is 17.8. The van der Waals surface area contributed by atoms with Gasteiger partial charge in [-0.3, -0.25) is 14.4 Å². The fourth-order valence-corrected chi connectivity index (χ4v) is 8.01. The molecule has 1 amide bonds. The number of fused-ring (bicyclic) bond motifs is 5. The number of ketones is 1. The first-order chi connectivity index (χ1) is 22.9. The molecule has 3 fully saturated rings. The minimum atomic E-state index is -1.80. The largest absolute Gasteiger partial charge is 0.459 e. The number of cyclic esters (lactones) is 1. The third-order valence-corrected chi connectivity index (χ3v) is 10.8. The Balaban J connectivity index is 2.21. The summed E-state index contributed by atoms with van der Waals surface area (Å²) in [5.74, 6) is -1.69. The maximum atomic E-state index is 13.7. The third-order valence-electron chi connectivity index (χ3n) is 10.8. The van der Waals surface area contributed by atoms with Crippen LogP contribution in [-0.4, -0.2) is 119 Å². The molecule has 3 rings (SSSR count). The number of nitrogens with zero attached hydrogens (tertiary/aromatic N) is 2. The number of ether oxygens (including phenoxy) is 5. The molecule has 3 heterocycles. The van der Waals surface area contributed by atoms with E-state index in [9.17, 15) is 24.6 Å². The second-order valence-corrected chi connectivity index (χ2v) is 15.0. The van der Waals surface area contributed by atoms with E-state index in [1.165, 1.54) is 13.8 Å². The highest BCUT2D eigenvalue weighted by molar-refractivity contribution is 5.98. The Kier molecular flexibility index (Phi) is 14.6. The molecular formula is C37H60N2O10. The van der Waals surface area contributed by atoms with Gasteiger partial charge in [0, 0.05) is 49.9 Å². The average molecular weight is 693 g/mol. The lowest BCUT2D eigenvalue weighted by Gasteiger charge is -2.47. The topological polar surface area (TPSA) is 153 Å². The highest BCUT2D eigenvalue weighted by Crippen LogP contribution is 2.40. The second-order valence-electron chi connectivity index (χ2n) is 15.0. The van der Waals surface area contributed by atoms with Crippen molar-refractivity contribution in [3.05, 3.63) is 0 Å². The maximum Gasteiger partial charge on any atom is 0.311 e. The average Bonchev–Trinajstić information content (AvgIpc) is 3.05. The van der Waals surface area contributed by atoms with Gasteiger partial charge in [0.15, 0.2) is 12.1 Å². The number of aliphatic hydroxyl groups excluding tert-OH is 1. The fraction of sp³-hybridized carbons (Fsp3) is 0.838. The highest BCUT2D eigenvalue weighted by Gasteiger charge is 2.52. The molecule has 2 bridgehead atoms. The van der Waals surface area contributed by atoms with Crippen LogP contribution < -0.4 is 0 Å². The normalized spacial score (nSPS) is 42.4. The van der Waals surface area contributed by atoms with Crippen LogP contribution in [-0.2, 0) is 38.1 Å². The van der Waals surface area contributed by atoms with E-state index in [0.717, 1.165) is 6.42 Å². The number of carbonyl (C=O) groups is 3. The van der Waals surface area contributed by atoms with Crippen molar-refractivity contribution in [2.75, 3.05) is 26.8 Å². The Morgan fingerprint density at radius 2 is 1.80 bits per heavy atom. The van der Waals surface area contributed by atoms with E-state index in [1.54, 1.807) is 27.7 Å². The molecule has 0 spiro atoms. The molecule has 12 nitrogen and oxygen atoms in total. The van der Waals surface area contributed by atoms with Gasteiger partial charge in [-0.05, 0) is 59.9 Å². The van der Waals surface area contributed by atoms with Gasteiger partial charge in [0.2, 0.25) is 5.91 Å². The van der Waals surface area contributed by atoms with Gasteiger partial charge in [0.1, 0.15) is 24.9 Å². The second kappa shape index (κ2) is 17.3. The maximum absolute atomic E-state index is 13.7. The quantitative estimate of drug-likeness (QED) is 0.311. The van der Waals surface area contributed by atoms with E-state index in [-0.39, 0.29) is 37.4 Å². The van der Waals surface area contributed by atoms with Gasteiger partial charge < -0.3 is 38.8 Å². The molecule has 0 radical (unpaired) electrons. The van der Waals surface area contributed by atoms with Crippen molar-refractivity contribution in [2.24, 2.45) is 28.7 Å². The molecule has 3 saturated heterocycles. The van der Waals surface area contributed by atoms with Gasteiger partial charge in [-0.1, -0.05) is 27.7 Å². The van der Waals surface area contributed by atoms with Crippen molar-refractivity contribution in [3.8, 4) is 12.3 Å². The molecule has 278 valence electrons. The molecule has 2 N–H and O–H groups in total. The van der Waals surface area contributed by atoms with Crippen LogP contribution in [0.4, 0.5) is 0 Å². The molecular weight excluding hydrogens is 632 g/mol. The van der Waals surface area contributed by atoms with Crippen LogP contribution in [0.3, 0.4) is 0 Å². The molecule has 3 aliphatic heterocycles. The lowest BCUT2D eigenvalue weighted by Crippen LogP contribution is -2.58. The summed E-state index contributed by atoms with van der Waals surface area (Å²) < 4.78 is 31.8. The number of Topliss-reactive ketones (excluding diaryl/α,β-unsaturated/α-hetero) is 1. The first kappa shape index (κ1) is 41.2. The Morgan fingerprint density at radius 3 is 2.41 bits per heavy atom. The van der Waals surface area contributed by atoms with Gasteiger partial charge in [-0.2, -0.15) is 0 Å². The number of esters is 1. The molecule has 3 aliphatic rings. The SMILES string of the molecule is C#CCCN(C)C1CC(O[C@@H]2[C@@H](C)[C@H](O)C(C)C(=O)OC(CC)[C@@](C)(O)[C@@H]3OCC(=O)CO[C@]2(C)C[C@@H](C)C(=NC(C)=O)[C@@H]3C)O[C@H](C)C1. The molecule has 0 aliphatic carbocycles. The molecule has 49 heavy (non-hydrogen) atoms.